The summed E-state index contributed by atoms with van der Waals surface area (Å²) in [5, 5.41) is 8.82. The van der Waals surface area contributed by atoms with Crippen LogP contribution in [0.5, 0.6) is 0 Å². The van der Waals surface area contributed by atoms with Crippen molar-refractivity contribution < 1.29 is 0 Å². The van der Waals surface area contributed by atoms with Crippen molar-refractivity contribution in [2.45, 2.75) is 20.4 Å². The summed E-state index contributed by atoms with van der Waals surface area (Å²) in [4.78, 5) is 9.14. The van der Waals surface area contributed by atoms with Crippen LogP contribution in [0.1, 0.15) is 19.7 Å². The largest absolute Gasteiger partial charge is 0.354 e. The molecule has 0 aliphatic heterocycles. The van der Waals surface area contributed by atoms with Crippen LogP contribution in [0.3, 0.4) is 0 Å². The molecule has 116 valence electrons. The number of benzene rings is 1. The summed E-state index contributed by atoms with van der Waals surface area (Å²) in [5.74, 6) is 1.84. The summed E-state index contributed by atoms with van der Waals surface area (Å²) < 4.78 is 2.13. The van der Waals surface area contributed by atoms with Crippen LogP contribution < -0.4 is 4.90 Å². The molecule has 0 atom stereocenters. The normalized spacial score (nSPS) is 11.7. The zero-order chi connectivity index (χ0) is 15.7. The molecule has 22 heavy (non-hydrogen) atoms. The van der Waals surface area contributed by atoms with Crippen molar-refractivity contribution >= 4 is 22.5 Å². The number of nitrogens with zero attached hydrogens (tertiary/aromatic N) is 6. The first-order valence-corrected chi connectivity index (χ1v) is 7.68. The predicted molar refractivity (Wildman–Crippen MR) is 89.2 cm³/mol. The summed E-state index contributed by atoms with van der Waals surface area (Å²) in [6.45, 7) is 6.80. The van der Waals surface area contributed by atoms with Gasteiger partial charge < -0.3 is 9.80 Å². The van der Waals surface area contributed by atoms with Crippen LogP contribution in [-0.4, -0.2) is 51.7 Å². The molecule has 0 unspecified atom stereocenters. The first kappa shape index (κ1) is 14.7. The maximum atomic E-state index is 4.83. The van der Waals surface area contributed by atoms with Crippen LogP contribution >= 0.6 is 0 Å². The Kier molecular flexibility index (Phi) is 3.94. The summed E-state index contributed by atoms with van der Waals surface area (Å²) in [6, 6.07) is 8.16. The topological polar surface area (TPSA) is 49.6 Å². The Morgan fingerprint density at radius 1 is 1.05 bits per heavy atom. The highest BCUT2D eigenvalue weighted by atomic mass is 15.3. The lowest BCUT2D eigenvalue weighted by Gasteiger charge is -2.21. The quantitative estimate of drug-likeness (QED) is 0.722. The molecule has 0 spiro atoms. The average molecular weight is 298 g/mol. The van der Waals surface area contributed by atoms with Gasteiger partial charge in [-0.1, -0.05) is 12.1 Å². The second-order valence-corrected chi connectivity index (χ2v) is 5.61. The Hall–Kier alpha value is -2.21. The molecule has 0 amide bonds. The molecule has 0 saturated heterocycles. The molecule has 0 saturated carbocycles. The Bertz CT molecular complexity index is 788. The Morgan fingerprint density at radius 2 is 1.77 bits per heavy atom. The monoisotopic (exact) mass is 298 g/mol. The highest BCUT2D eigenvalue weighted by Gasteiger charge is 2.18. The first-order valence-electron chi connectivity index (χ1n) is 7.68. The number of fused-ring (bicyclic) bond motifs is 3. The molecule has 0 aliphatic rings. The predicted octanol–water partition coefficient (Wildman–Crippen LogP) is 2.19. The van der Waals surface area contributed by atoms with Crippen molar-refractivity contribution in [1.82, 2.24) is 24.5 Å². The standard InChI is InChI=1S/C16H22N6/c1-5-21(6-2)15-16-19-18-14(11-20(3)4)22(16)13-10-8-7-9-12(13)17-15/h7-10H,5-6,11H2,1-4H3. The molecule has 0 fully saturated rings. The van der Waals surface area contributed by atoms with E-state index in [1.807, 2.05) is 32.3 Å². The highest BCUT2D eigenvalue weighted by molar-refractivity contribution is 5.83. The van der Waals surface area contributed by atoms with Gasteiger partial charge in [-0.2, -0.15) is 0 Å². The summed E-state index contributed by atoms with van der Waals surface area (Å²) in [5.41, 5.74) is 2.85. The maximum absolute atomic E-state index is 4.83. The van der Waals surface area contributed by atoms with E-state index in [0.29, 0.717) is 0 Å². The second-order valence-electron chi connectivity index (χ2n) is 5.61. The highest BCUT2D eigenvalue weighted by Crippen LogP contribution is 2.24. The molecule has 0 aliphatic carbocycles. The lowest BCUT2D eigenvalue weighted by molar-refractivity contribution is 0.389. The fourth-order valence-electron chi connectivity index (χ4n) is 2.75. The molecule has 1 aromatic carbocycles. The van der Waals surface area contributed by atoms with Crippen molar-refractivity contribution in [2.24, 2.45) is 0 Å². The van der Waals surface area contributed by atoms with Crippen molar-refractivity contribution in [2.75, 3.05) is 32.1 Å². The van der Waals surface area contributed by atoms with E-state index in [1.54, 1.807) is 0 Å². The van der Waals surface area contributed by atoms with E-state index in [-0.39, 0.29) is 0 Å². The minimum atomic E-state index is 0.743. The first-order chi connectivity index (χ1) is 10.7. The van der Waals surface area contributed by atoms with Gasteiger partial charge in [0.1, 0.15) is 0 Å². The summed E-state index contributed by atoms with van der Waals surface area (Å²) >= 11 is 0. The molecular formula is C16H22N6. The van der Waals surface area contributed by atoms with Gasteiger partial charge in [0.25, 0.3) is 0 Å². The van der Waals surface area contributed by atoms with Gasteiger partial charge in [-0.15, -0.1) is 10.2 Å². The number of anilines is 1. The van der Waals surface area contributed by atoms with Gasteiger partial charge in [0.05, 0.1) is 17.6 Å². The van der Waals surface area contributed by atoms with Crippen LogP contribution in [0.15, 0.2) is 24.3 Å². The summed E-state index contributed by atoms with van der Waals surface area (Å²) in [7, 11) is 4.07. The molecule has 6 nitrogen and oxygen atoms in total. The fraction of sp³-hybridized carbons (Fsp3) is 0.438. The smallest absolute Gasteiger partial charge is 0.204 e. The van der Waals surface area contributed by atoms with Gasteiger partial charge in [0.15, 0.2) is 11.6 Å². The van der Waals surface area contributed by atoms with Gasteiger partial charge in [0.2, 0.25) is 5.65 Å². The molecule has 2 heterocycles. The molecular weight excluding hydrogens is 276 g/mol. The Morgan fingerprint density at radius 3 is 2.45 bits per heavy atom. The van der Waals surface area contributed by atoms with E-state index in [0.717, 1.165) is 48.0 Å². The van der Waals surface area contributed by atoms with E-state index in [1.165, 1.54) is 0 Å². The van der Waals surface area contributed by atoms with E-state index in [2.05, 4.69) is 44.3 Å². The number of para-hydroxylation sites is 2. The van der Waals surface area contributed by atoms with E-state index in [9.17, 15) is 0 Å². The second kappa shape index (κ2) is 5.88. The van der Waals surface area contributed by atoms with Crippen LogP contribution in [0.25, 0.3) is 16.7 Å². The molecule has 3 rings (SSSR count). The zero-order valence-corrected chi connectivity index (χ0v) is 13.6. The number of rotatable bonds is 5. The van der Waals surface area contributed by atoms with E-state index in [4.69, 9.17) is 4.98 Å². The van der Waals surface area contributed by atoms with Gasteiger partial charge in [-0.3, -0.25) is 4.40 Å². The lowest BCUT2D eigenvalue weighted by atomic mass is 10.3. The Balaban J connectivity index is 2.34. The van der Waals surface area contributed by atoms with Gasteiger partial charge >= 0.3 is 0 Å². The molecule has 3 aromatic rings. The number of hydrogen-bond acceptors (Lipinski definition) is 5. The third-order valence-corrected chi connectivity index (χ3v) is 3.80. The molecule has 0 N–H and O–H groups in total. The van der Waals surface area contributed by atoms with Crippen molar-refractivity contribution in [3.63, 3.8) is 0 Å². The maximum Gasteiger partial charge on any atom is 0.204 e. The molecule has 2 aromatic heterocycles. The van der Waals surface area contributed by atoms with Crippen LogP contribution in [-0.2, 0) is 6.54 Å². The SMILES string of the molecule is CCN(CC)c1nc2ccccc2n2c(CN(C)C)nnc12. The fourth-order valence-corrected chi connectivity index (χ4v) is 2.75. The van der Waals surface area contributed by atoms with Gasteiger partial charge in [-0.25, -0.2) is 4.98 Å². The third kappa shape index (κ3) is 2.39. The van der Waals surface area contributed by atoms with Crippen LogP contribution in [0.4, 0.5) is 5.82 Å². The molecule has 6 heteroatoms. The lowest BCUT2D eigenvalue weighted by Crippen LogP contribution is -2.24. The molecule has 0 bridgehead atoms. The van der Waals surface area contributed by atoms with Crippen molar-refractivity contribution in [1.29, 1.82) is 0 Å². The molecule has 0 radical (unpaired) electrons. The number of hydrogen-bond donors (Lipinski definition) is 0. The van der Waals surface area contributed by atoms with Crippen LogP contribution in [0.2, 0.25) is 0 Å². The average Bonchev–Trinajstić information content (AvgIpc) is 2.92. The zero-order valence-electron chi connectivity index (χ0n) is 13.6. The number of aromatic nitrogens is 4. The van der Waals surface area contributed by atoms with Gasteiger partial charge in [0, 0.05) is 13.1 Å². The van der Waals surface area contributed by atoms with Crippen molar-refractivity contribution in [3.05, 3.63) is 30.1 Å². The summed E-state index contributed by atoms with van der Waals surface area (Å²) in [6.07, 6.45) is 0. The van der Waals surface area contributed by atoms with E-state index >= 15 is 0 Å². The van der Waals surface area contributed by atoms with Crippen molar-refractivity contribution in [3.8, 4) is 0 Å². The minimum Gasteiger partial charge on any atom is -0.354 e. The van der Waals surface area contributed by atoms with E-state index < -0.39 is 0 Å². The minimum absolute atomic E-state index is 0.743. The van der Waals surface area contributed by atoms with Crippen LogP contribution in [0, 0.1) is 0 Å². The van der Waals surface area contributed by atoms with Gasteiger partial charge in [-0.05, 0) is 40.1 Å². The third-order valence-electron chi connectivity index (χ3n) is 3.80. The Labute approximate surface area is 130 Å².